The molecule has 0 saturated heterocycles. The fraction of sp³-hybridized carbons (Fsp3) is 0.300. The summed E-state index contributed by atoms with van der Waals surface area (Å²) in [5, 5.41) is 5.90. The molecule has 0 aliphatic rings. The SMILES string of the molecule is CCN(CC)C(=O)c1cccc(NCC(=O)Nc2ccc(C)cc2)c1. The van der Waals surface area contributed by atoms with E-state index in [0.717, 1.165) is 16.9 Å². The number of nitrogens with one attached hydrogen (secondary N) is 2. The predicted molar refractivity (Wildman–Crippen MR) is 102 cm³/mol. The van der Waals surface area contributed by atoms with Gasteiger partial charge >= 0.3 is 0 Å². The average Bonchev–Trinajstić information content (AvgIpc) is 2.63. The van der Waals surface area contributed by atoms with Crippen molar-refractivity contribution in [2.24, 2.45) is 0 Å². The Kier molecular flexibility index (Phi) is 6.57. The topological polar surface area (TPSA) is 61.4 Å². The second kappa shape index (κ2) is 8.87. The van der Waals surface area contributed by atoms with Crippen molar-refractivity contribution in [3.8, 4) is 0 Å². The zero-order valence-corrected chi connectivity index (χ0v) is 15.0. The Hall–Kier alpha value is -2.82. The van der Waals surface area contributed by atoms with Gasteiger partial charge in [0.25, 0.3) is 5.91 Å². The molecule has 5 heteroatoms. The Morgan fingerprint density at radius 1 is 0.960 bits per heavy atom. The number of hydrogen-bond donors (Lipinski definition) is 2. The number of nitrogens with zero attached hydrogens (tertiary/aromatic N) is 1. The third kappa shape index (κ3) is 5.35. The van der Waals surface area contributed by atoms with Gasteiger partial charge in [0.05, 0.1) is 6.54 Å². The van der Waals surface area contributed by atoms with Gasteiger partial charge in [0, 0.05) is 30.0 Å². The summed E-state index contributed by atoms with van der Waals surface area (Å²) >= 11 is 0. The highest BCUT2D eigenvalue weighted by Crippen LogP contribution is 2.13. The number of hydrogen-bond acceptors (Lipinski definition) is 3. The number of aryl methyl sites for hydroxylation is 1. The number of carbonyl (C=O) groups excluding carboxylic acids is 2. The molecule has 2 N–H and O–H groups in total. The molecule has 2 aromatic rings. The first kappa shape index (κ1) is 18.5. The minimum atomic E-state index is -0.135. The predicted octanol–water partition coefficient (Wildman–Crippen LogP) is 3.53. The lowest BCUT2D eigenvalue weighted by Crippen LogP contribution is -2.30. The van der Waals surface area contributed by atoms with Crippen LogP contribution in [0.1, 0.15) is 29.8 Å². The van der Waals surface area contributed by atoms with E-state index >= 15 is 0 Å². The van der Waals surface area contributed by atoms with E-state index in [2.05, 4.69) is 10.6 Å². The Labute approximate surface area is 149 Å². The van der Waals surface area contributed by atoms with E-state index in [-0.39, 0.29) is 18.4 Å². The number of amides is 2. The van der Waals surface area contributed by atoms with Crippen LogP contribution in [0, 0.1) is 6.92 Å². The molecule has 132 valence electrons. The molecule has 2 amide bonds. The zero-order valence-electron chi connectivity index (χ0n) is 15.0. The van der Waals surface area contributed by atoms with E-state index in [9.17, 15) is 9.59 Å². The van der Waals surface area contributed by atoms with E-state index < -0.39 is 0 Å². The molecular weight excluding hydrogens is 314 g/mol. The second-order valence-corrected chi connectivity index (χ2v) is 5.83. The molecule has 2 rings (SSSR count). The molecule has 0 unspecified atom stereocenters. The molecule has 0 aliphatic carbocycles. The van der Waals surface area contributed by atoms with Crippen molar-refractivity contribution < 1.29 is 9.59 Å². The highest BCUT2D eigenvalue weighted by molar-refractivity contribution is 5.96. The molecule has 5 nitrogen and oxygen atoms in total. The maximum atomic E-state index is 12.4. The largest absolute Gasteiger partial charge is 0.376 e. The Morgan fingerprint density at radius 2 is 1.64 bits per heavy atom. The summed E-state index contributed by atoms with van der Waals surface area (Å²) in [4.78, 5) is 26.2. The minimum Gasteiger partial charge on any atom is -0.376 e. The fourth-order valence-corrected chi connectivity index (χ4v) is 2.48. The van der Waals surface area contributed by atoms with E-state index in [1.54, 1.807) is 17.0 Å². The van der Waals surface area contributed by atoms with Gasteiger partial charge in [-0.3, -0.25) is 9.59 Å². The summed E-state index contributed by atoms with van der Waals surface area (Å²) in [5.74, 6) is -0.137. The van der Waals surface area contributed by atoms with Crippen LogP contribution in [0.5, 0.6) is 0 Å². The molecule has 0 bridgehead atoms. The summed E-state index contributed by atoms with van der Waals surface area (Å²) in [6, 6.07) is 14.9. The third-order valence-electron chi connectivity index (χ3n) is 3.95. The van der Waals surface area contributed by atoms with Gasteiger partial charge in [-0.25, -0.2) is 0 Å². The molecule has 0 heterocycles. The van der Waals surface area contributed by atoms with E-state index in [1.807, 2.05) is 57.2 Å². The lowest BCUT2D eigenvalue weighted by molar-refractivity contribution is -0.114. The molecule has 0 radical (unpaired) electrons. The second-order valence-electron chi connectivity index (χ2n) is 5.83. The van der Waals surface area contributed by atoms with Crippen molar-refractivity contribution in [3.05, 3.63) is 59.7 Å². The molecule has 0 aliphatic heterocycles. The first-order chi connectivity index (χ1) is 12.0. The normalized spacial score (nSPS) is 10.2. The van der Waals surface area contributed by atoms with Crippen LogP contribution in [-0.2, 0) is 4.79 Å². The summed E-state index contributed by atoms with van der Waals surface area (Å²) in [6.07, 6.45) is 0. The van der Waals surface area contributed by atoms with Crippen molar-refractivity contribution in [2.75, 3.05) is 30.3 Å². The van der Waals surface area contributed by atoms with Crippen LogP contribution >= 0.6 is 0 Å². The Balaban J connectivity index is 1.94. The quantitative estimate of drug-likeness (QED) is 0.811. The third-order valence-corrected chi connectivity index (χ3v) is 3.95. The average molecular weight is 339 g/mol. The van der Waals surface area contributed by atoms with Crippen molar-refractivity contribution in [1.29, 1.82) is 0 Å². The van der Waals surface area contributed by atoms with Crippen molar-refractivity contribution in [2.45, 2.75) is 20.8 Å². The van der Waals surface area contributed by atoms with Crippen LogP contribution in [0.15, 0.2) is 48.5 Å². The Morgan fingerprint density at radius 3 is 2.28 bits per heavy atom. The van der Waals surface area contributed by atoms with Gasteiger partial charge in [-0.1, -0.05) is 23.8 Å². The molecule has 0 fully saturated rings. The summed E-state index contributed by atoms with van der Waals surface area (Å²) < 4.78 is 0. The van der Waals surface area contributed by atoms with Gasteiger partial charge < -0.3 is 15.5 Å². The number of anilines is 2. The molecule has 2 aromatic carbocycles. The van der Waals surface area contributed by atoms with Gasteiger partial charge in [0.15, 0.2) is 0 Å². The molecule has 25 heavy (non-hydrogen) atoms. The van der Waals surface area contributed by atoms with Crippen LogP contribution < -0.4 is 10.6 Å². The molecular formula is C20H25N3O2. The first-order valence-corrected chi connectivity index (χ1v) is 8.53. The summed E-state index contributed by atoms with van der Waals surface area (Å²) in [7, 11) is 0. The van der Waals surface area contributed by atoms with Gasteiger partial charge in [0.1, 0.15) is 0 Å². The molecule has 0 spiro atoms. The van der Waals surface area contributed by atoms with Crippen molar-refractivity contribution >= 4 is 23.2 Å². The molecule has 0 atom stereocenters. The zero-order chi connectivity index (χ0) is 18.2. The van der Waals surface area contributed by atoms with Crippen LogP contribution in [0.2, 0.25) is 0 Å². The highest BCUT2D eigenvalue weighted by Gasteiger charge is 2.12. The van der Waals surface area contributed by atoms with E-state index in [1.165, 1.54) is 0 Å². The van der Waals surface area contributed by atoms with Crippen molar-refractivity contribution in [1.82, 2.24) is 4.90 Å². The smallest absolute Gasteiger partial charge is 0.253 e. The number of carbonyl (C=O) groups is 2. The highest BCUT2D eigenvalue weighted by atomic mass is 16.2. The number of benzene rings is 2. The van der Waals surface area contributed by atoms with Gasteiger partial charge in [-0.2, -0.15) is 0 Å². The van der Waals surface area contributed by atoms with Gasteiger partial charge in [-0.05, 0) is 51.1 Å². The maximum Gasteiger partial charge on any atom is 0.253 e. The first-order valence-electron chi connectivity index (χ1n) is 8.53. The van der Waals surface area contributed by atoms with Crippen LogP contribution in [-0.4, -0.2) is 36.3 Å². The summed E-state index contributed by atoms with van der Waals surface area (Å²) in [6.45, 7) is 7.39. The standard InChI is InChI=1S/C20H25N3O2/c1-4-23(5-2)20(25)16-7-6-8-18(13-16)21-14-19(24)22-17-11-9-15(3)10-12-17/h6-13,21H,4-5,14H2,1-3H3,(H,22,24). The van der Waals surface area contributed by atoms with Gasteiger partial charge in [0.2, 0.25) is 5.91 Å². The lowest BCUT2D eigenvalue weighted by Gasteiger charge is -2.19. The number of rotatable bonds is 7. The van der Waals surface area contributed by atoms with Gasteiger partial charge in [-0.15, -0.1) is 0 Å². The minimum absolute atomic E-state index is 0.00208. The monoisotopic (exact) mass is 339 g/mol. The Bertz CT molecular complexity index is 722. The van der Waals surface area contributed by atoms with Crippen LogP contribution in [0.3, 0.4) is 0 Å². The molecule has 0 saturated carbocycles. The summed E-state index contributed by atoms with van der Waals surface area (Å²) in [5.41, 5.74) is 3.28. The van der Waals surface area contributed by atoms with Crippen LogP contribution in [0.4, 0.5) is 11.4 Å². The molecule has 0 aromatic heterocycles. The maximum absolute atomic E-state index is 12.4. The van der Waals surface area contributed by atoms with Crippen molar-refractivity contribution in [3.63, 3.8) is 0 Å². The lowest BCUT2D eigenvalue weighted by atomic mass is 10.1. The van der Waals surface area contributed by atoms with E-state index in [0.29, 0.717) is 18.7 Å². The fourth-order valence-electron chi connectivity index (χ4n) is 2.48. The van der Waals surface area contributed by atoms with Crippen LogP contribution in [0.25, 0.3) is 0 Å². The van der Waals surface area contributed by atoms with E-state index in [4.69, 9.17) is 0 Å².